The van der Waals surface area contributed by atoms with Crippen LogP contribution in [0.4, 0.5) is 4.79 Å². The summed E-state index contributed by atoms with van der Waals surface area (Å²) in [5.41, 5.74) is 1.05. The molecule has 4 aliphatic carbocycles. The maximum absolute atomic E-state index is 13.7. The number of nitrogens with one attached hydrogen (secondary N) is 1. The minimum absolute atomic E-state index is 0.00298. The van der Waals surface area contributed by atoms with Crippen molar-refractivity contribution in [1.29, 1.82) is 0 Å². The highest BCUT2D eigenvalue weighted by molar-refractivity contribution is 7.09. The molecule has 3 amide bonds. The van der Waals surface area contributed by atoms with Gasteiger partial charge in [-0.2, -0.15) is 0 Å². The first kappa shape index (κ1) is 24.4. The molecule has 0 aliphatic heterocycles. The van der Waals surface area contributed by atoms with Crippen molar-refractivity contribution in [2.75, 3.05) is 6.54 Å². The Hall–Kier alpha value is -2.34. The van der Waals surface area contributed by atoms with Gasteiger partial charge in [-0.05, 0) is 86.6 Å². The van der Waals surface area contributed by atoms with Gasteiger partial charge in [0, 0.05) is 23.0 Å². The van der Waals surface area contributed by atoms with Crippen LogP contribution in [0.15, 0.2) is 47.8 Å². The molecule has 188 valence electrons. The summed E-state index contributed by atoms with van der Waals surface area (Å²) in [5, 5.41) is 5.54. The zero-order valence-corrected chi connectivity index (χ0v) is 21.9. The number of hydrogen-bond donors (Lipinski definition) is 1. The van der Waals surface area contributed by atoms with Crippen LogP contribution in [0, 0.1) is 17.8 Å². The van der Waals surface area contributed by atoms with Gasteiger partial charge in [0.25, 0.3) is 0 Å². The van der Waals surface area contributed by atoms with Gasteiger partial charge in [0.1, 0.15) is 6.54 Å². The number of urea groups is 1. The molecular formula is C29H39N3O2S. The van der Waals surface area contributed by atoms with Crippen LogP contribution in [0.2, 0.25) is 0 Å². The number of benzene rings is 1. The average molecular weight is 494 g/mol. The van der Waals surface area contributed by atoms with E-state index < -0.39 is 0 Å². The molecule has 4 saturated carbocycles. The number of hydrogen-bond acceptors (Lipinski definition) is 3. The van der Waals surface area contributed by atoms with Gasteiger partial charge >= 0.3 is 6.03 Å². The van der Waals surface area contributed by atoms with E-state index in [2.05, 4.69) is 37.4 Å². The van der Waals surface area contributed by atoms with Crippen molar-refractivity contribution in [2.45, 2.75) is 83.5 Å². The molecule has 4 fully saturated rings. The molecule has 5 nitrogen and oxygen atoms in total. The fourth-order valence-corrected chi connectivity index (χ4v) is 7.80. The van der Waals surface area contributed by atoms with Gasteiger partial charge in [0.2, 0.25) is 5.91 Å². The predicted octanol–water partition coefficient (Wildman–Crippen LogP) is 6.06. The van der Waals surface area contributed by atoms with Crippen LogP contribution in [0.1, 0.15) is 69.2 Å². The zero-order chi connectivity index (χ0) is 24.4. The summed E-state index contributed by atoms with van der Waals surface area (Å²) in [6.07, 6.45) is 8.22. The number of nitrogens with zero attached hydrogens (tertiary/aromatic N) is 2. The van der Waals surface area contributed by atoms with Crippen LogP contribution in [0.25, 0.3) is 0 Å². The van der Waals surface area contributed by atoms with E-state index in [0.717, 1.165) is 53.9 Å². The first-order valence-corrected chi connectivity index (χ1v) is 14.2. The van der Waals surface area contributed by atoms with Crippen molar-refractivity contribution in [2.24, 2.45) is 17.8 Å². The first-order valence-electron chi connectivity index (χ1n) is 13.4. The Labute approximate surface area is 213 Å². The smallest absolute Gasteiger partial charge is 0.318 e. The average Bonchev–Trinajstić information content (AvgIpc) is 3.34. The maximum Gasteiger partial charge on any atom is 0.318 e. The SMILES string of the molecule is CCC(C)N(CC(=O)N(Cc1ccccc1)Cc1cccs1)C(=O)NC12CC3CC(CC(C3)C1)C2. The Morgan fingerprint density at radius 3 is 2.23 bits per heavy atom. The molecule has 0 spiro atoms. The molecular weight excluding hydrogens is 454 g/mol. The summed E-state index contributed by atoms with van der Waals surface area (Å²) in [6.45, 7) is 5.38. The second kappa shape index (κ2) is 10.3. The Balaban J connectivity index is 1.30. The molecule has 4 bridgehead atoms. The van der Waals surface area contributed by atoms with E-state index in [1.165, 1.54) is 19.3 Å². The fraction of sp³-hybridized carbons (Fsp3) is 0.586. The van der Waals surface area contributed by atoms with Crippen LogP contribution in [-0.2, 0) is 17.9 Å². The Morgan fingerprint density at radius 1 is 1.00 bits per heavy atom. The van der Waals surface area contributed by atoms with Gasteiger partial charge in [-0.25, -0.2) is 4.79 Å². The van der Waals surface area contributed by atoms with Gasteiger partial charge in [0.15, 0.2) is 0 Å². The Kier molecular flexibility index (Phi) is 7.19. The lowest BCUT2D eigenvalue weighted by Crippen LogP contribution is -2.63. The van der Waals surface area contributed by atoms with Crippen molar-refractivity contribution >= 4 is 23.3 Å². The molecule has 1 N–H and O–H groups in total. The predicted molar refractivity (Wildman–Crippen MR) is 141 cm³/mol. The van der Waals surface area contributed by atoms with Crippen molar-refractivity contribution in [1.82, 2.24) is 15.1 Å². The van der Waals surface area contributed by atoms with E-state index in [0.29, 0.717) is 13.1 Å². The maximum atomic E-state index is 13.7. The Bertz CT molecular complexity index is 971. The highest BCUT2D eigenvalue weighted by Crippen LogP contribution is 2.55. The molecule has 0 radical (unpaired) electrons. The van der Waals surface area contributed by atoms with Gasteiger partial charge < -0.3 is 15.1 Å². The van der Waals surface area contributed by atoms with Crippen molar-refractivity contribution < 1.29 is 9.59 Å². The van der Waals surface area contributed by atoms with Gasteiger partial charge in [-0.15, -0.1) is 11.3 Å². The molecule has 4 aliphatic rings. The molecule has 0 saturated heterocycles. The molecule has 1 aromatic heterocycles. The number of amides is 3. The molecule has 6 heteroatoms. The van der Waals surface area contributed by atoms with Crippen molar-refractivity contribution in [3.05, 3.63) is 58.3 Å². The van der Waals surface area contributed by atoms with E-state index in [9.17, 15) is 9.59 Å². The third kappa shape index (κ3) is 5.58. The number of rotatable bonds is 9. The molecule has 1 aromatic carbocycles. The zero-order valence-electron chi connectivity index (χ0n) is 21.1. The van der Waals surface area contributed by atoms with Gasteiger partial charge in [0.05, 0.1) is 6.54 Å². The third-order valence-electron chi connectivity index (χ3n) is 8.60. The lowest BCUT2D eigenvalue weighted by atomic mass is 9.53. The topological polar surface area (TPSA) is 52.7 Å². The second-order valence-corrected chi connectivity index (χ2v) is 12.4. The summed E-state index contributed by atoms with van der Waals surface area (Å²) in [7, 11) is 0. The van der Waals surface area contributed by atoms with E-state index in [1.807, 2.05) is 34.5 Å². The third-order valence-corrected chi connectivity index (χ3v) is 9.46. The highest BCUT2D eigenvalue weighted by atomic mass is 32.1. The Morgan fingerprint density at radius 2 is 1.66 bits per heavy atom. The molecule has 1 atom stereocenters. The summed E-state index contributed by atoms with van der Waals surface area (Å²) in [6, 6.07) is 14.2. The quantitative estimate of drug-likeness (QED) is 0.462. The van der Waals surface area contributed by atoms with Crippen LogP contribution < -0.4 is 5.32 Å². The number of carbonyl (C=O) groups is 2. The van der Waals surface area contributed by atoms with E-state index >= 15 is 0 Å². The normalized spacial score (nSPS) is 27.4. The largest absolute Gasteiger partial charge is 0.333 e. The molecule has 2 aromatic rings. The van der Waals surface area contributed by atoms with E-state index in [1.54, 1.807) is 16.2 Å². The lowest BCUT2D eigenvalue weighted by Gasteiger charge is -2.57. The first-order chi connectivity index (χ1) is 16.9. The monoisotopic (exact) mass is 493 g/mol. The molecule has 1 unspecified atom stereocenters. The number of carbonyl (C=O) groups excluding carboxylic acids is 2. The summed E-state index contributed by atoms with van der Waals surface area (Å²) in [5.74, 6) is 2.32. The minimum atomic E-state index is -0.0543. The highest BCUT2D eigenvalue weighted by Gasteiger charge is 2.52. The summed E-state index contributed by atoms with van der Waals surface area (Å²) < 4.78 is 0. The van der Waals surface area contributed by atoms with Crippen molar-refractivity contribution in [3.8, 4) is 0 Å². The molecule has 35 heavy (non-hydrogen) atoms. The van der Waals surface area contributed by atoms with Crippen LogP contribution in [0.3, 0.4) is 0 Å². The van der Waals surface area contributed by atoms with Crippen LogP contribution >= 0.6 is 11.3 Å². The van der Waals surface area contributed by atoms with E-state index in [-0.39, 0.29) is 30.1 Å². The number of thiophene rings is 1. The van der Waals surface area contributed by atoms with Crippen LogP contribution in [-0.4, -0.2) is 39.9 Å². The van der Waals surface area contributed by atoms with Gasteiger partial charge in [-0.1, -0.05) is 43.3 Å². The van der Waals surface area contributed by atoms with Crippen molar-refractivity contribution in [3.63, 3.8) is 0 Å². The molecule has 6 rings (SSSR count). The lowest BCUT2D eigenvalue weighted by molar-refractivity contribution is -0.133. The minimum Gasteiger partial charge on any atom is -0.333 e. The van der Waals surface area contributed by atoms with E-state index in [4.69, 9.17) is 0 Å². The van der Waals surface area contributed by atoms with Crippen LogP contribution in [0.5, 0.6) is 0 Å². The standard InChI is InChI=1S/C29H39N3O2S/c1-3-21(2)32(28(34)30-29-15-23-12-24(16-29)14-25(13-23)17-29)20-27(33)31(19-26-10-7-11-35-26)18-22-8-5-4-6-9-22/h4-11,21,23-25H,3,12-20H2,1-2H3,(H,30,34). The fourth-order valence-electron chi connectivity index (χ4n) is 7.08. The molecule has 1 heterocycles. The summed E-state index contributed by atoms with van der Waals surface area (Å²) >= 11 is 1.67. The second-order valence-electron chi connectivity index (χ2n) is 11.3. The summed E-state index contributed by atoms with van der Waals surface area (Å²) in [4.78, 5) is 32.2. The van der Waals surface area contributed by atoms with Gasteiger partial charge in [-0.3, -0.25) is 4.79 Å².